The van der Waals surface area contributed by atoms with Gasteiger partial charge in [-0.1, -0.05) is 0 Å². The molecule has 76 valence electrons. The van der Waals surface area contributed by atoms with Gasteiger partial charge < -0.3 is 9.84 Å². The molecule has 2 rings (SSSR count). The highest BCUT2D eigenvalue weighted by atomic mass is 19.4. The standard InChI is InChI=1S/C8H11F3O2/c9-8(10,11)7(12)5-3-4-1-2-6(5)13-4/h4-7,12H,1-3H2. The molecule has 0 aliphatic carbocycles. The molecule has 2 aliphatic rings. The second-order valence-corrected chi connectivity index (χ2v) is 3.76. The van der Waals surface area contributed by atoms with Crippen LogP contribution in [0.5, 0.6) is 0 Å². The number of halogens is 3. The minimum absolute atomic E-state index is 0.0491. The first kappa shape index (κ1) is 9.27. The van der Waals surface area contributed by atoms with Gasteiger partial charge in [-0.05, 0) is 19.3 Å². The monoisotopic (exact) mass is 196 g/mol. The highest BCUT2D eigenvalue weighted by Crippen LogP contribution is 2.43. The van der Waals surface area contributed by atoms with E-state index in [0.29, 0.717) is 12.8 Å². The second kappa shape index (κ2) is 2.85. The largest absolute Gasteiger partial charge is 0.414 e. The molecule has 2 heterocycles. The van der Waals surface area contributed by atoms with Crippen LogP contribution in [0.15, 0.2) is 0 Å². The van der Waals surface area contributed by atoms with Gasteiger partial charge in [0.25, 0.3) is 0 Å². The number of alkyl halides is 3. The Hall–Kier alpha value is -0.290. The molecule has 13 heavy (non-hydrogen) atoms. The summed E-state index contributed by atoms with van der Waals surface area (Å²) >= 11 is 0. The van der Waals surface area contributed by atoms with Gasteiger partial charge in [-0.25, -0.2) is 0 Å². The zero-order chi connectivity index (χ0) is 9.64. The fourth-order valence-corrected chi connectivity index (χ4v) is 2.25. The molecule has 2 saturated heterocycles. The Morgan fingerprint density at radius 2 is 2.00 bits per heavy atom. The Labute approximate surface area is 73.7 Å². The number of hydrogen-bond acceptors (Lipinski definition) is 2. The molecule has 2 fully saturated rings. The first-order valence-corrected chi connectivity index (χ1v) is 4.38. The fraction of sp³-hybridized carbons (Fsp3) is 1.00. The van der Waals surface area contributed by atoms with Gasteiger partial charge >= 0.3 is 6.18 Å². The first-order chi connectivity index (χ1) is 5.98. The van der Waals surface area contributed by atoms with E-state index < -0.39 is 18.2 Å². The zero-order valence-corrected chi connectivity index (χ0v) is 6.92. The van der Waals surface area contributed by atoms with Gasteiger partial charge in [-0.3, -0.25) is 0 Å². The van der Waals surface area contributed by atoms with Crippen molar-refractivity contribution in [1.82, 2.24) is 0 Å². The van der Waals surface area contributed by atoms with Crippen LogP contribution in [0.1, 0.15) is 19.3 Å². The molecule has 2 bridgehead atoms. The lowest BCUT2D eigenvalue weighted by molar-refractivity contribution is -0.223. The Morgan fingerprint density at radius 3 is 2.38 bits per heavy atom. The molecule has 4 atom stereocenters. The molecule has 0 saturated carbocycles. The van der Waals surface area contributed by atoms with Gasteiger partial charge in [-0.2, -0.15) is 13.2 Å². The van der Waals surface area contributed by atoms with Crippen molar-refractivity contribution in [2.45, 2.75) is 43.8 Å². The van der Waals surface area contributed by atoms with Crippen molar-refractivity contribution in [3.05, 3.63) is 0 Å². The fourth-order valence-electron chi connectivity index (χ4n) is 2.25. The van der Waals surface area contributed by atoms with Crippen molar-refractivity contribution in [2.75, 3.05) is 0 Å². The van der Waals surface area contributed by atoms with Crippen LogP contribution in [0.4, 0.5) is 13.2 Å². The van der Waals surface area contributed by atoms with Crippen molar-refractivity contribution in [2.24, 2.45) is 5.92 Å². The van der Waals surface area contributed by atoms with Crippen molar-refractivity contribution >= 4 is 0 Å². The van der Waals surface area contributed by atoms with Crippen LogP contribution in [0, 0.1) is 5.92 Å². The molecule has 0 aromatic heterocycles. The third kappa shape index (κ3) is 1.55. The number of rotatable bonds is 1. The predicted molar refractivity (Wildman–Crippen MR) is 38.1 cm³/mol. The van der Waals surface area contributed by atoms with E-state index in [1.54, 1.807) is 0 Å². The van der Waals surface area contributed by atoms with Crippen LogP contribution >= 0.6 is 0 Å². The number of aliphatic hydroxyl groups excluding tert-OH is 1. The predicted octanol–water partition coefficient (Wildman–Crippen LogP) is 1.48. The van der Waals surface area contributed by atoms with Crippen molar-refractivity contribution in [3.8, 4) is 0 Å². The molecule has 2 nitrogen and oxygen atoms in total. The van der Waals surface area contributed by atoms with Gasteiger partial charge in [0, 0.05) is 5.92 Å². The van der Waals surface area contributed by atoms with Crippen LogP contribution in [0.2, 0.25) is 0 Å². The van der Waals surface area contributed by atoms with Gasteiger partial charge in [-0.15, -0.1) is 0 Å². The Balaban J connectivity index is 2.02. The third-order valence-electron chi connectivity index (χ3n) is 2.89. The van der Waals surface area contributed by atoms with E-state index in [1.807, 2.05) is 0 Å². The highest BCUT2D eigenvalue weighted by Gasteiger charge is 2.52. The SMILES string of the molecule is OC(C1CC2CCC1O2)C(F)(F)F. The summed E-state index contributed by atoms with van der Waals surface area (Å²) < 4.78 is 41.6. The summed E-state index contributed by atoms with van der Waals surface area (Å²) in [6, 6.07) is 0. The van der Waals surface area contributed by atoms with Crippen LogP contribution in [0.3, 0.4) is 0 Å². The maximum absolute atomic E-state index is 12.1. The molecule has 0 aromatic carbocycles. The Kier molecular flexibility index (Phi) is 2.03. The van der Waals surface area contributed by atoms with E-state index in [-0.39, 0.29) is 12.2 Å². The first-order valence-electron chi connectivity index (χ1n) is 4.38. The molecular weight excluding hydrogens is 185 g/mol. The second-order valence-electron chi connectivity index (χ2n) is 3.76. The van der Waals surface area contributed by atoms with Crippen molar-refractivity contribution < 1.29 is 23.0 Å². The maximum atomic E-state index is 12.1. The van der Waals surface area contributed by atoms with Gasteiger partial charge in [0.1, 0.15) is 0 Å². The summed E-state index contributed by atoms with van der Waals surface area (Å²) in [6.07, 6.45) is -5.28. The van der Waals surface area contributed by atoms with Crippen LogP contribution in [-0.2, 0) is 4.74 Å². The molecule has 4 unspecified atom stereocenters. The van der Waals surface area contributed by atoms with Gasteiger partial charge in [0.15, 0.2) is 6.10 Å². The normalized spacial score (nSPS) is 41.1. The summed E-state index contributed by atoms with van der Waals surface area (Å²) in [5.41, 5.74) is 0. The molecule has 5 heteroatoms. The lowest BCUT2D eigenvalue weighted by atomic mass is 9.85. The number of ether oxygens (including phenoxy) is 1. The van der Waals surface area contributed by atoms with Gasteiger partial charge in [0.05, 0.1) is 12.2 Å². The minimum atomic E-state index is -4.50. The minimum Gasteiger partial charge on any atom is -0.383 e. The zero-order valence-electron chi connectivity index (χ0n) is 6.92. The quantitative estimate of drug-likeness (QED) is 0.688. The topological polar surface area (TPSA) is 29.5 Å². The van der Waals surface area contributed by atoms with E-state index in [0.717, 1.165) is 6.42 Å². The number of aliphatic hydroxyl groups is 1. The summed E-state index contributed by atoms with van der Waals surface area (Å²) in [5.74, 6) is -0.737. The average Bonchev–Trinajstić information content (AvgIpc) is 2.60. The Morgan fingerprint density at radius 1 is 1.31 bits per heavy atom. The van der Waals surface area contributed by atoms with Crippen molar-refractivity contribution in [1.29, 1.82) is 0 Å². The maximum Gasteiger partial charge on any atom is 0.414 e. The summed E-state index contributed by atoms with van der Waals surface area (Å²) in [6.45, 7) is 0. The molecular formula is C8H11F3O2. The highest BCUT2D eigenvalue weighted by molar-refractivity contribution is 4.94. The summed E-state index contributed by atoms with van der Waals surface area (Å²) in [4.78, 5) is 0. The molecule has 0 amide bonds. The summed E-state index contributed by atoms with van der Waals surface area (Å²) in [5, 5.41) is 9.00. The molecule has 2 aliphatic heterocycles. The smallest absolute Gasteiger partial charge is 0.383 e. The van der Waals surface area contributed by atoms with E-state index in [2.05, 4.69) is 0 Å². The third-order valence-corrected chi connectivity index (χ3v) is 2.89. The number of hydrogen-bond donors (Lipinski definition) is 1. The van der Waals surface area contributed by atoms with Gasteiger partial charge in [0.2, 0.25) is 0 Å². The van der Waals surface area contributed by atoms with E-state index in [1.165, 1.54) is 0 Å². The summed E-state index contributed by atoms with van der Waals surface area (Å²) in [7, 11) is 0. The molecule has 1 N–H and O–H groups in total. The van der Waals surface area contributed by atoms with Crippen LogP contribution in [-0.4, -0.2) is 29.6 Å². The van der Waals surface area contributed by atoms with Crippen molar-refractivity contribution in [3.63, 3.8) is 0 Å². The van der Waals surface area contributed by atoms with E-state index in [4.69, 9.17) is 9.84 Å². The van der Waals surface area contributed by atoms with E-state index in [9.17, 15) is 13.2 Å². The molecule has 0 radical (unpaired) electrons. The van der Waals surface area contributed by atoms with Crippen LogP contribution in [0.25, 0.3) is 0 Å². The number of fused-ring (bicyclic) bond motifs is 2. The average molecular weight is 196 g/mol. The molecule has 0 spiro atoms. The lowest BCUT2D eigenvalue weighted by Crippen LogP contribution is -2.40. The Bertz CT molecular complexity index is 204. The molecule has 0 aromatic rings. The van der Waals surface area contributed by atoms with E-state index >= 15 is 0 Å². The lowest BCUT2D eigenvalue weighted by Gasteiger charge is -2.25. The van der Waals surface area contributed by atoms with Crippen LogP contribution < -0.4 is 0 Å².